The molecule has 1 heterocycles. The Morgan fingerprint density at radius 2 is 2.06 bits per heavy atom. The zero-order chi connectivity index (χ0) is 12.8. The first-order chi connectivity index (χ1) is 8.73. The molecule has 2 nitrogen and oxygen atoms in total. The molecule has 1 aliphatic heterocycles. The minimum atomic E-state index is 0.295. The van der Waals surface area contributed by atoms with Crippen LogP contribution >= 0.6 is 0 Å². The second-order valence-corrected chi connectivity index (χ2v) is 5.70. The normalized spacial score (nSPS) is 23.2. The molecule has 2 rings (SSSR count). The van der Waals surface area contributed by atoms with E-state index in [1.54, 1.807) is 0 Å². The van der Waals surface area contributed by atoms with Gasteiger partial charge in [-0.05, 0) is 44.9 Å². The van der Waals surface area contributed by atoms with E-state index >= 15 is 0 Å². The molecule has 1 fully saturated rings. The molecule has 0 aliphatic carbocycles. The molecule has 0 spiro atoms. The fourth-order valence-electron chi connectivity index (χ4n) is 2.80. The molecule has 1 aromatic carbocycles. The van der Waals surface area contributed by atoms with E-state index in [4.69, 9.17) is 0 Å². The average Bonchev–Trinajstić information content (AvgIpc) is 2.82. The topological polar surface area (TPSA) is 15.3 Å². The van der Waals surface area contributed by atoms with E-state index in [1.165, 1.54) is 37.9 Å². The lowest BCUT2D eigenvalue weighted by atomic mass is 9.99. The fraction of sp³-hybridized carbons (Fsp3) is 0.625. The van der Waals surface area contributed by atoms with Crippen molar-refractivity contribution in [2.75, 3.05) is 24.5 Å². The summed E-state index contributed by atoms with van der Waals surface area (Å²) in [5.74, 6) is 0. The van der Waals surface area contributed by atoms with Crippen LogP contribution in [0.1, 0.15) is 39.5 Å². The predicted molar refractivity (Wildman–Crippen MR) is 79.2 cm³/mol. The van der Waals surface area contributed by atoms with Gasteiger partial charge in [0.25, 0.3) is 0 Å². The quantitative estimate of drug-likeness (QED) is 0.827. The summed E-state index contributed by atoms with van der Waals surface area (Å²) >= 11 is 0. The van der Waals surface area contributed by atoms with Crippen LogP contribution in [0.25, 0.3) is 0 Å². The van der Waals surface area contributed by atoms with E-state index in [9.17, 15) is 0 Å². The van der Waals surface area contributed by atoms with Crippen LogP contribution < -0.4 is 10.2 Å². The Balaban J connectivity index is 2.05. The summed E-state index contributed by atoms with van der Waals surface area (Å²) in [4.78, 5) is 2.54. The fourth-order valence-corrected chi connectivity index (χ4v) is 2.80. The van der Waals surface area contributed by atoms with Gasteiger partial charge < -0.3 is 10.2 Å². The summed E-state index contributed by atoms with van der Waals surface area (Å²) in [6.07, 6.45) is 5.13. The van der Waals surface area contributed by atoms with Crippen molar-refractivity contribution in [3.05, 3.63) is 30.3 Å². The zero-order valence-electron chi connectivity index (χ0n) is 11.8. The monoisotopic (exact) mass is 246 g/mol. The summed E-state index contributed by atoms with van der Waals surface area (Å²) < 4.78 is 0. The Kier molecular flexibility index (Phi) is 4.65. The molecular weight excluding hydrogens is 220 g/mol. The third-order valence-electron chi connectivity index (χ3n) is 3.90. The van der Waals surface area contributed by atoms with Gasteiger partial charge >= 0.3 is 0 Å². The maximum absolute atomic E-state index is 3.67. The van der Waals surface area contributed by atoms with Crippen LogP contribution in [0.3, 0.4) is 0 Å². The van der Waals surface area contributed by atoms with Crippen molar-refractivity contribution in [2.45, 2.75) is 45.1 Å². The molecule has 0 saturated carbocycles. The Morgan fingerprint density at radius 3 is 2.67 bits per heavy atom. The van der Waals surface area contributed by atoms with Crippen LogP contribution in [0.4, 0.5) is 5.69 Å². The zero-order valence-corrected chi connectivity index (χ0v) is 11.8. The number of anilines is 1. The second kappa shape index (κ2) is 6.24. The lowest BCUT2D eigenvalue weighted by Gasteiger charge is -2.34. The molecule has 1 aromatic rings. The van der Waals surface area contributed by atoms with Gasteiger partial charge in [-0.15, -0.1) is 0 Å². The molecule has 1 aliphatic rings. The first-order valence-electron chi connectivity index (χ1n) is 7.28. The number of nitrogens with zero attached hydrogens (tertiary/aromatic N) is 1. The van der Waals surface area contributed by atoms with Gasteiger partial charge in [0.2, 0.25) is 0 Å². The lowest BCUT2D eigenvalue weighted by molar-refractivity contribution is 0.410. The average molecular weight is 246 g/mol. The number of hydrogen-bond acceptors (Lipinski definition) is 2. The van der Waals surface area contributed by atoms with E-state index in [-0.39, 0.29) is 0 Å². The van der Waals surface area contributed by atoms with Gasteiger partial charge in [0.15, 0.2) is 0 Å². The highest BCUT2D eigenvalue weighted by molar-refractivity contribution is 5.46. The van der Waals surface area contributed by atoms with E-state index in [2.05, 4.69) is 54.4 Å². The molecule has 0 aromatic heterocycles. The largest absolute Gasteiger partial charge is 0.370 e. The van der Waals surface area contributed by atoms with Crippen molar-refractivity contribution in [3.63, 3.8) is 0 Å². The Morgan fingerprint density at radius 1 is 1.28 bits per heavy atom. The molecule has 0 bridgehead atoms. The number of unbranched alkanes of at least 4 members (excludes halogenated alkanes) is 1. The number of para-hydroxylation sites is 1. The molecule has 100 valence electrons. The minimum Gasteiger partial charge on any atom is -0.370 e. The van der Waals surface area contributed by atoms with E-state index in [1.807, 2.05) is 0 Å². The molecule has 1 atom stereocenters. The Labute approximate surface area is 111 Å². The van der Waals surface area contributed by atoms with Crippen molar-refractivity contribution >= 4 is 5.69 Å². The van der Waals surface area contributed by atoms with Crippen LogP contribution in [0.15, 0.2) is 30.3 Å². The summed E-state index contributed by atoms with van der Waals surface area (Å²) in [5, 5.41) is 3.67. The number of rotatable bonds is 6. The first-order valence-corrected chi connectivity index (χ1v) is 7.28. The van der Waals surface area contributed by atoms with Gasteiger partial charge in [-0.2, -0.15) is 0 Å². The van der Waals surface area contributed by atoms with Gasteiger partial charge in [0.1, 0.15) is 0 Å². The lowest BCUT2D eigenvalue weighted by Crippen LogP contribution is -2.48. The van der Waals surface area contributed by atoms with Gasteiger partial charge in [-0.25, -0.2) is 0 Å². The molecule has 2 heteroatoms. The number of nitrogens with one attached hydrogen (secondary N) is 1. The van der Waals surface area contributed by atoms with Crippen molar-refractivity contribution in [3.8, 4) is 0 Å². The van der Waals surface area contributed by atoms with Crippen LogP contribution in [0.2, 0.25) is 0 Å². The van der Waals surface area contributed by atoms with Gasteiger partial charge in [-0.3, -0.25) is 0 Å². The summed E-state index contributed by atoms with van der Waals surface area (Å²) in [6.45, 7) is 8.09. The molecule has 0 amide bonds. The highest BCUT2D eigenvalue weighted by atomic mass is 15.2. The molecule has 18 heavy (non-hydrogen) atoms. The highest BCUT2D eigenvalue weighted by Gasteiger charge is 2.30. The predicted octanol–water partition coefficient (Wildman–Crippen LogP) is 3.44. The molecular formula is C16H26N2. The van der Waals surface area contributed by atoms with Crippen molar-refractivity contribution in [2.24, 2.45) is 0 Å². The van der Waals surface area contributed by atoms with E-state index in [0.29, 0.717) is 5.54 Å². The van der Waals surface area contributed by atoms with E-state index in [0.717, 1.165) is 13.1 Å². The molecule has 1 unspecified atom stereocenters. The van der Waals surface area contributed by atoms with Crippen molar-refractivity contribution in [1.29, 1.82) is 0 Å². The van der Waals surface area contributed by atoms with Crippen LogP contribution in [0, 0.1) is 0 Å². The number of hydrogen-bond donors (Lipinski definition) is 1. The SMILES string of the molecule is CCCCN(CC1(C)CCCN1)c1ccccc1. The molecule has 1 saturated heterocycles. The smallest absolute Gasteiger partial charge is 0.0366 e. The van der Waals surface area contributed by atoms with E-state index < -0.39 is 0 Å². The highest BCUT2D eigenvalue weighted by Crippen LogP contribution is 2.23. The second-order valence-electron chi connectivity index (χ2n) is 5.70. The maximum atomic E-state index is 3.67. The third kappa shape index (κ3) is 3.49. The Hall–Kier alpha value is -1.02. The van der Waals surface area contributed by atoms with Gasteiger partial charge in [0, 0.05) is 24.3 Å². The van der Waals surface area contributed by atoms with Crippen LogP contribution in [0.5, 0.6) is 0 Å². The summed E-state index contributed by atoms with van der Waals surface area (Å²) in [6, 6.07) is 10.8. The summed E-state index contributed by atoms with van der Waals surface area (Å²) in [5.41, 5.74) is 1.66. The first kappa shape index (κ1) is 13.4. The maximum Gasteiger partial charge on any atom is 0.0366 e. The Bertz CT molecular complexity index is 341. The van der Waals surface area contributed by atoms with Crippen LogP contribution in [-0.2, 0) is 0 Å². The van der Waals surface area contributed by atoms with Crippen molar-refractivity contribution in [1.82, 2.24) is 5.32 Å². The summed E-state index contributed by atoms with van der Waals surface area (Å²) in [7, 11) is 0. The minimum absolute atomic E-state index is 0.295. The molecule has 1 N–H and O–H groups in total. The third-order valence-corrected chi connectivity index (χ3v) is 3.90. The standard InChI is InChI=1S/C16H26N2/c1-3-4-13-18(15-9-6-5-7-10-15)14-16(2)11-8-12-17-16/h5-7,9-10,17H,3-4,8,11-14H2,1-2H3. The van der Waals surface area contributed by atoms with Gasteiger partial charge in [0.05, 0.1) is 0 Å². The van der Waals surface area contributed by atoms with Crippen LogP contribution in [-0.4, -0.2) is 25.2 Å². The molecule has 0 radical (unpaired) electrons. The number of benzene rings is 1. The van der Waals surface area contributed by atoms with Gasteiger partial charge in [-0.1, -0.05) is 31.5 Å². The van der Waals surface area contributed by atoms with Crippen molar-refractivity contribution < 1.29 is 0 Å².